The molecule has 0 fully saturated rings. The molecule has 0 atom stereocenters. The Hall–Kier alpha value is -3.90. The molecule has 3 heterocycles. The molecule has 5 aromatic rings. The van der Waals surface area contributed by atoms with E-state index in [1.807, 2.05) is 4.72 Å². The van der Waals surface area contributed by atoms with Gasteiger partial charge in [-0.1, -0.05) is 17.7 Å². The number of benzene rings is 2. The zero-order valence-corrected chi connectivity index (χ0v) is 18.3. The number of aromatic amines is 2. The Kier molecular flexibility index (Phi) is 5.25. The van der Waals surface area contributed by atoms with Gasteiger partial charge in [0.1, 0.15) is 21.9 Å². The Morgan fingerprint density at radius 1 is 1.03 bits per heavy atom. The summed E-state index contributed by atoms with van der Waals surface area (Å²) in [7, 11) is -4.32. The quantitative estimate of drug-likeness (QED) is 0.315. The van der Waals surface area contributed by atoms with Crippen molar-refractivity contribution in [1.29, 1.82) is 0 Å². The van der Waals surface area contributed by atoms with Crippen molar-refractivity contribution < 1.29 is 21.6 Å². The molecule has 0 aliphatic heterocycles. The van der Waals surface area contributed by atoms with Gasteiger partial charge in [0.2, 0.25) is 0 Å². The van der Waals surface area contributed by atoms with Gasteiger partial charge >= 0.3 is 0 Å². The second-order valence-electron chi connectivity index (χ2n) is 7.09. The van der Waals surface area contributed by atoms with Gasteiger partial charge in [0, 0.05) is 35.7 Å². The van der Waals surface area contributed by atoms with E-state index in [0.29, 0.717) is 16.9 Å². The minimum Gasteiger partial charge on any atom is -0.343 e. The molecule has 3 aromatic heterocycles. The van der Waals surface area contributed by atoms with Crippen molar-refractivity contribution in [1.82, 2.24) is 25.1 Å². The minimum absolute atomic E-state index is 0.0481. The van der Waals surface area contributed by atoms with Gasteiger partial charge in [0.15, 0.2) is 17.5 Å². The van der Waals surface area contributed by atoms with Gasteiger partial charge in [-0.3, -0.25) is 14.8 Å². The van der Waals surface area contributed by atoms with E-state index < -0.39 is 44.3 Å². The maximum Gasteiger partial charge on any atom is 0.263 e. The molecule has 0 amide bonds. The predicted molar refractivity (Wildman–Crippen MR) is 119 cm³/mol. The van der Waals surface area contributed by atoms with Crippen molar-refractivity contribution in [2.24, 2.45) is 0 Å². The Morgan fingerprint density at radius 3 is 2.59 bits per heavy atom. The molecule has 0 spiro atoms. The van der Waals surface area contributed by atoms with Gasteiger partial charge in [-0.15, -0.1) is 0 Å². The van der Waals surface area contributed by atoms with Crippen molar-refractivity contribution in [3.8, 4) is 22.6 Å². The van der Waals surface area contributed by atoms with Gasteiger partial charge in [-0.2, -0.15) is 5.10 Å². The van der Waals surface area contributed by atoms with Crippen LogP contribution in [-0.2, 0) is 10.0 Å². The Labute approximate surface area is 194 Å². The van der Waals surface area contributed by atoms with Crippen LogP contribution in [0, 0.1) is 17.5 Å². The van der Waals surface area contributed by atoms with E-state index in [1.54, 1.807) is 6.20 Å². The standard InChI is InChI=1S/C21H12ClF3N6O2S/c22-10-7-11(9-26-8-10)34(32,33)31-15-4-3-14(23)16(18(15)25)12-1-2-13-19(17(12)24)29-30-20(13)21-27-5-6-28-21/h1-9,31H,(H,27,28)(H,29,30). The number of hydrogen-bond donors (Lipinski definition) is 3. The van der Waals surface area contributed by atoms with Gasteiger partial charge < -0.3 is 4.98 Å². The normalized spacial score (nSPS) is 11.8. The number of imidazole rings is 1. The van der Waals surface area contributed by atoms with E-state index in [1.165, 1.54) is 24.5 Å². The first-order valence-electron chi connectivity index (χ1n) is 9.54. The van der Waals surface area contributed by atoms with Gasteiger partial charge in [-0.05, 0) is 24.3 Å². The second-order valence-corrected chi connectivity index (χ2v) is 9.21. The van der Waals surface area contributed by atoms with Crippen molar-refractivity contribution >= 4 is 38.2 Å². The Bertz CT molecular complexity index is 1660. The number of H-pyrrole nitrogens is 2. The molecule has 0 saturated heterocycles. The molecular formula is C21H12ClF3N6O2S. The fraction of sp³-hybridized carbons (Fsp3) is 0. The maximum absolute atomic E-state index is 15.4. The summed E-state index contributed by atoms with van der Waals surface area (Å²) in [6, 6.07) is 5.45. The van der Waals surface area contributed by atoms with E-state index >= 15 is 8.78 Å². The van der Waals surface area contributed by atoms with Gasteiger partial charge in [0.05, 0.1) is 16.3 Å². The number of rotatable bonds is 5. The third kappa shape index (κ3) is 3.66. The fourth-order valence-corrected chi connectivity index (χ4v) is 4.73. The number of sulfonamides is 1. The lowest BCUT2D eigenvalue weighted by molar-refractivity contribution is 0.583. The number of nitrogens with zero attached hydrogens (tertiary/aromatic N) is 3. The van der Waals surface area contributed by atoms with Crippen molar-refractivity contribution in [3.63, 3.8) is 0 Å². The number of hydrogen-bond acceptors (Lipinski definition) is 5. The number of anilines is 1. The van der Waals surface area contributed by atoms with Crippen LogP contribution >= 0.6 is 11.6 Å². The molecule has 3 N–H and O–H groups in total. The molecule has 13 heteroatoms. The van der Waals surface area contributed by atoms with Crippen LogP contribution < -0.4 is 4.72 Å². The van der Waals surface area contributed by atoms with Crippen LogP contribution in [0.3, 0.4) is 0 Å². The van der Waals surface area contributed by atoms with Crippen molar-refractivity contribution in [2.75, 3.05) is 4.72 Å². The lowest BCUT2D eigenvalue weighted by atomic mass is 10.0. The molecule has 0 saturated carbocycles. The first-order chi connectivity index (χ1) is 16.3. The highest BCUT2D eigenvalue weighted by molar-refractivity contribution is 7.92. The van der Waals surface area contributed by atoms with Crippen LogP contribution in [0.4, 0.5) is 18.9 Å². The first-order valence-corrected chi connectivity index (χ1v) is 11.4. The van der Waals surface area contributed by atoms with Crippen LogP contribution in [0.5, 0.6) is 0 Å². The number of aromatic nitrogens is 5. The molecule has 0 aliphatic rings. The summed E-state index contributed by atoms with van der Waals surface area (Å²) >= 11 is 5.78. The summed E-state index contributed by atoms with van der Waals surface area (Å²) in [4.78, 5) is 10.3. The third-order valence-electron chi connectivity index (χ3n) is 4.99. The number of pyridine rings is 1. The summed E-state index contributed by atoms with van der Waals surface area (Å²) in [5.74, 6) is -2.99. The summed E-state index contributed by atoms with van der Waals surface area (Å²) in [6.07, 6.45) is 5.30. The molecule has 0 radical (unpaired) electrons. The highest BCUT2D eigenvalue weighted by atomic mass is 35.5. The largest absolute Gasteiger partial charge is 0.343 e. The average molecular weight is 505 g/mol. The summed E-state index contributed by atoms with van der Waals surface area (Å²) in [6.45, 7) is 0. The number of halogens is 4. The Balaban J connectivity index is 1.60. The van der Waals surface area contributed by atoms with Crippen LogP contribution in [0.25, 0.3) is 33.5 Å². The first kappa shape index (κ1) is 21.9. The zero-order valence-electron chi connectivity index (χ0n) is 16.8. The number of nitrogens with one attached hydrogen (secondary N) is 3. The van der Waals surface area contributed by atoms with Gasteiger partial charge in [0.25, 0.3) is 10.0 Å². The molecule has 0 unspecified atom stereocenters. The van der Waals surface area contributed by atoms with E-state index in [-0.39, 0.29) is 15.4 Å². The van der Waals surface area contributed by atoms with Crippen LogP contribution in [0.15, 0.2) is 60.0 Å². The number of fused-ring (bicyclic) bond motifs is 1. The van der Waals surface area contributed by atoms with E-state index in [0.717, 1.165) is 24.4 Å². The molecule has 172 valence electrons. The lowest BCUT2D eigenvalue weighted by Crippen LogP contribution is -2.15. The maximum atomic E-state index is 15.4. The Morgan fingerprint density at radius 2 is 1.85 bits per heavy atom. The van der Waals surface area contributed by atoms with E-state index in [2.05, 4.69) is 25.1 Å². The molecule has 2 aromatic carbocycles. The molecule has 8 nitrogen and oxygen atoms in total. The third-order valence-corrected chi connectivity index (χ3v) is 6.53. The summed E-state index contributed by atoms with van der Waals surface area (Å²) in [5.41, 5.74) is -1.54. The van der Waals surface area contributed by atoms with Crippen molar-refractivity contribution in [3.05, 3.63) is 77.6 Å². The lowest BCUT2D eigenvalue weighted by Gasteiger charge is -2.13. The molecule has 34 heavy (non-hydrogen) atoms. The smallest absolute Gasteiger partial charge is 0.263 e. The molecule has 0 aliphatic carbocycles. The highest BCUT2D eigenvalue weighted by Crippen LogP contribution is 2.37. The fourth-order valence-electron chi connectivity index (χ4n) is 3.44. The van der Waals surface area contributed by atoms with Crippen LogP contribution in [0.2, 0.25) is 5.02 Å². The molecule has 0 bridgehead atoms. The van der Waals surface area contributed by atoms with E-state index in [4.69, 9.17) is 11.6 Å². The topological polar surface area (TPSA) is 116 Å². The molecular weight excluding hydrogens is 493 g/mol. The van der Waals surface area contributed by atoms with Gasteiger partial charge in [-0.25, -0.2) is 26.6 Å². The monoisotopic (exact) mass is 504 g/mol. The SMILES string of the molecule is O=S(=O)(Nc1ccc(F)c(-c2ccc3c(-c4ncc[nH]4)n[nH]c3c2F)c1F)c1cncc(Cl)c1. The van der Waals surface area contributed by atoms with Crippen LogP contribution in [-0.4, -0.2) is 33.6 Å². The average Bonchev–Trinajstić information content (AvgIpc) is 3.47. The van der Waals surface area contributed by atoms with Crippen molar-refractivity contribution in [2.45, 2.75) is 4.90 Å². The summed E-state index contributed by atoms with van der Waals surface area (Å²) in [5, 5.41) is 6.93. The van der Waals surface area contributed by atoms with E-state index in [9.17, 15) is 12.8 Å². The molecule has 5 rings (SSSR count). The zero-order chi connectivity index (χ0) is 24.0. The highest BCUT2D eigenvalue weighted by Gasteiger charge is 2.25. The van der Waals surface area contributed by atoms with Crippen LogP contribution in [0.1, 0.15) is 0 Å². The minimum atomic E-state index is -4.32. The summed E-state index contributed by atoms with van der Waals surface area (Å²) < 4.78 is 72.7. The predicted octanol–water partition coefficient (Wildman–Crippen LogP) is 4.89. The second kappa shape index (κ2) is 8.15.